The Bertz CT molecular complexity index is 1020. The lowest BCUT2D eigenvalue weighted by Crippen LogP contribution is -2.31. The first-order valence-electron chi connectivity index (χ1n) is 8.73. The minimum atomic E-state index is -0.624. The quantitative estimate of drug-likeness (QED) is 0.686. The zero-order chi connectivity index (χ0) is 20.1. The van der Waals surface area contributed by atoms with E-state index in [1.54, 1.807) is 43.3 Å². The van der Waals surface area contributed by atoms with Gasteiger partial charge >= 0.3 is 0 Å². The van der Waals surface area contributed by atoms with Gasteiger partial charge in [0.15, 0.2) is 0 Å². The standard InChI is InChI=1S/C22H18F2N2O2/c1-2-26(22(28)18-11-4-6-13-20(18)24)16-9-7-8-15(14-16)25-21(27)17-10-3-5-12-19(17)23/h3-14H,2H2,1H3,(H,25,27). The normalized spacial score (nSPS) is 10.4. The summed E-state index contributed by atoms with van der Waals surface area (Å²) in [4.78, 5) is 26.5. The summed E-state index contributed by atoms with van der Waals surface area (Å²) in [5.74, 6) is -2.31. The third-order valence-electron chi connectivity index (χ3n) is 4.20. The second-order valence-corrected chi connectivity index (χ2v) is 6.01. The molecule has 3 aromatic carbocycles. The fourth-order valence-corrected chi connectivity index (χ4v) is 2.82. The number of hydrogen-bond acceptors (Lipinski definition) is 2. The number of anilines is 2. The van der Waals surface area contributed by atoms with Crippen molar-refractivity contribution in [3.05, 3.63) is 95.6 Å². The van der Waals surface area contributed by atoms with Crippen molar-refractivity contribution in [1.82, 2.24) is 0 Å². The minimum Gasteiger partial charge on any atom is -0.322 e. The Hall–Kier alpha value is -3.54. The van der Waals surface area contributed by atoms with Crippen molar-refractivity contribution in [3.8, 4) is 0 Å². The summed E-state index contributed by atoms with van der Waals surface area (Å²) in [6.07, 6.45) is 0. The maximum atomic E-state index is 14.0. The number of benzene rings is 3. The van der Waals surface area contributed by atoms with E-state index in [1.165, 1.54) is 41.3 Å². The zero-order valence-corrected chi connectivity index (χ0v) is 15.2. The van der Waals surface area contributed by atoms with Crippen LogP contribution in [0.5, 0.6) is 0 Å². The molecule has 6 heteroatoms. The van der Waals surface area contributed by atoms with Crippen LogP contribution in [0.1, 0.15) is 27.6 Å². The molecule has 0 aliphatic carbocycles. The molecule has 0 aliphatic heterocycles. The van der Waals surface area contributed by atoms with Crippen molar-refractivity contribution in [3.63, 3.8) is 0 Å². The Morgan fingerprint density at radius 3 is 2.07 bits per heavy atom. The molecule has 0 saturated carbocycles. The highest BCUT2D eigenvalue weighted by atomic mass is 19.1. The summed E-state index contributed by atoms with van der Waals surface area (Å²) in [5, 5.41) is 2.62. The van der Waals surface area contributed by atoms with Crippen molar-refractivity contribution >= 4 is 23.2 Å². The molecule has 0 spiro atoms. The van der Waals surface area contributed by atoms with Gasteiger partial charge in [-0.15, -0.1) is 0 Å². The fourth-order valence-electron chi connectivity index (χ4n) is 2.82. The summed E-state index contributed by atoms with van der Waals surface area (Å²) in [6, 6.07) is 18.0. The number of carbonyl (C=O) groups excluding carboxylic acids is 2. The van der Waals surface area contributed by atoms with E-state index in [1.807, 2.05) is 0 Å². The van der Waals surface area contributed by atoms with E-state index in [0.717, 1.165) is 0 Å². The molecule has 0 fully saturated rings. The third kappa shape index (κ3) is 4.06. The Labute approximate surface area is 161 Å². The molecule has 0 saturated heterocycles. The number of nitrogens with one attached hydrogen (secondary N) is 1. The van der Waals surface area contributed by atoms with Gasteiger partial charge < -0.3 is 10.2 Å². The minimum absolute atomic E-state index is 0.0369. The monoisotopic (exact) mass is 380 g/mol. The Balaban J connectivity index is 1.85. The second-order valence-electron chi connectivity index (χ2n) is 6.01. The summed E-state index contributed by atoms with van der Waals surface area (Å²) >= 11 is 0. The highest BCUT2D eigenvalue weighted by Crippen LogP contribution is 2.23. The first-order valence-corrected chi connectivity index (χ1v) is 8.73. The lowest BCUT2D eigenvalue weighted by Gasteiger charge is -2.22. The summed E-state index contributed by atoms with van der Waals surface area (Å²) in [6.45, 7) is 2.07. The van der Waals surface area contributed by atoms with Crippen molar-refractivity contribution in [1.29, 1.82) is 0 Å². The number of rotatable bonds is 5. The van der Waals surface area contributed by atoms with Crippen LogP contribution in [-0.4, -0.2) is 18.4 Å². The molecular formula is C22H18F2N2O2. The lowest BCUT2D eigenvalue weighted by molar-refractivity contribution is 0.0983. The SMILES string of the molecule is CCN(C(=O)c1ccccc1F)c1cccc(NC(=O)c2ccccc2F)c1. The topological polar surface area (TPSA) is 49.4 Å². The molecular weight excluding hydrogens is 362 g/mol. The van der Waals surface area contributed by atoms with Crippen molar-refractivity contribution in [2.24, 2.45) is 0 Å². The number of amides is 2. The van der Waals surface area contributed by atoms with Crippen LogP contribution in [0.4, 0.5) is 20.2 Å². The maximum absolute atomic E-state index is 14.0. The Morgan fingerprint density at radius 2 is 1.46 bits per heavy atom. The van der Waals surface area contributed by atoms with Gasteiger partial charge in [0.25, 0.3) is 11.8 Å². The van der Waals surface area contributed by atoms with Gasteiger partial charge in [0, 0.05) is 17.9 Å². The van der Waals surface area contributed by atoms with Gasteiger partial charge in [-0.1, -0.05) is 30.3 Å². The largest absolute Gasteiger partial charge is 0.322 e. The fraction of sp³-hybridized carbons (Fsp3) is 0.0909. The van der Waals surface area contributed by atoms with Crippen LogP contribution in [0, 0.1) is 11.6 Å². The van der Waals surface area contributed by atoms with Crippen LogP contribution in [0.3, 0.4) is 0 Å². The van der Waals surface area contributed by atoms with Crippen molar-refractivity contribution in [2.45, 2.75) is 6.92 Å². The number of nitrogens with zero attached hydrogens (tertiary/aromatic N) is 1. The van der Waals surface area contributed by atoms with Crippen LogP contribution >= 0.6 is 0 Å². The molecule has 3 rings (SSSR count). The highest BCUT2D eigenvalue weighted by Gasteiger charge is 2.20. The number of hydrogen-bond donors (Lipinski definition) is 1. The lowest BCUT2D eigenvalue weighted by atomic mass is 10.1. The molecule has 0 unspecified atom stereocenters. The summed E-state index contributed by atoms with van der Waals surface area (Å²) in [5.41, 5.74) is 0.764. The highest BCUT2D eigenvalue weighted by molar-refractivity contribution is 6.07. The average Bonchev–Trinajstić information content (AvgIpc) is 2.69. The molecule has 28 heavy (non-hydrogen) atoms. The van der Waals surface area contributed by atoms with Crippen molar-refractivity contribution < 1.29 is 18.4 Å². The van der Waals surface area contributed by atoms with Crippen LogP contribution in [0.2, 0.25) is 0 Å². The molecule has 0 aliphatic rings. The van der Waals surface area contributed by atoms with Crippen LogP contribution in [0.15, 0.2) is 72.8 Å². The van der Waals surface area contributed by atoms with E-state index in [-0.39, 0.29) is 11.1 Å². The molecule has 0 atom stereocenters. The third-order valence-corrected chi connectivity index (χ3v) is 4.20. The van der Waals surface area contributed by atoms with Gasteiger partial charge in [-0.25, -0.2) is 8.78 Å². The molecule has 1 N–H and O–H groups in total. The molecule has 0 heterocycles. The van der Waals surface area contributed by atoms with Crippen LogP contribution < -0.4 is 10.2 Å². The second kappa shape index (κ2) is 8.43. The van der Waals surface area contributed by atoms with Crippen LogP contribution in [-0.2, 0) is 0 Å². The van der Waals surface area contributed by atoms with Gasteiger partial charge in [0.1, 0.15) is 11.6 Å². The number of halogens is 2. The zero-order valence-electron chi connectivity index (χ0n) is 15.2. The van der Waals surface area contributed by atoms with E-state index in [4.69, 9.17) is 0 Å². The Morgan fingerprint density at radius 1 is 0.857 bits per heavy atom. The first-order chi connectivity index (χ1) is 13.5. The predicted molar refractivity (Wildman–Crippen MR) is 105 cm³/mol. The van der Waals surface area contributed by atoms with E-state index >= 15 is 0 Å². The van der Waals surface area contributed by atoms with E-state index in [2.05, 4.69) is 5.32 Å². The molecule has 3 aromatic rings. The molecule has 0 bridgehead atoms. The first kappa shape index (κ1) is 19.2. The van der Waals surface area contributed by atoms with Gasteiger partial charge in [0.2, 0.25) is 0 Å². The van der Waals surface area contributed by atoms with Crippen LogP contribution in [0.25, 0.3) is 0 Å². The van der Waals surface area contributed by atoms with E-state index < -0.39 is 23.4 Å². The van der Waals surface area contributed by atoms with Gasteiger partial charge in [-0.05, 0) is 49.4 Å². The summed E-state index contributed by atoms with van der Waals surface area (Å²) < 4.78 is 27.8. The van der Waals surface area contributed by atoms with E-state index in [0.29, 0.717) is 17.9 Å². The van der Waals surface area contributed by atoms with Crippen molar-refractivity contribution in [2.75, 3.05) is 16.8 Å². The van der Waals surface area contributed by atoms with Gasteiger partial charge in [0.05, 0.1) is 11.1 Å². The molecule has 2 amide bonds. The predicted octanol–water partition coefficient (Wildman–Crippen LogP) is 4.88. The molecule has 0 aromatic heterocycles. The molecule has 0 radical (unpaired) electrons. The maximum Gasteiger partial charge on any atom is 0.261 e. The molecule has 142 valence electrons. The smallest absolute Gasteiger partial charge is 0.261 e. The van der Waals surface area contributed by atoms with Gasteiger partial charge in [-0.3, -0.25) is 9.59 Å². The Kier molecular flexibility index (Phi) is 5.79. The van der Waals surface area contributed by atoms with Gasteiger partial charge in [-0.2, -0.15) is 0 Å². The summed E-state index contributed by atoms with van der Waals surface area (Å²) in [7, 11) is 0. The molecule has 4 nitrogen and oxygen atoms in total. The number of carbonyl (C=O) groups is 2. The average molecular weight is 380 g/mol. The van der Waals surface area contributed by atoms with E-state index in [9.17, 15) is 18.4 Å².